The second-order valence-corrected chi connectivity index (χ2v) is 8.17. The Morgan fingerprint density at radius 3 is 2.78 bits per heavy atom. The van der Waals surface area contributed by atoms with Gasteiger partial charge in [0, 0.05) is 30.6 Å². The summed E-state index contributed by atoms with van der Waals surface area (Å²) >= 11 is 6.34. The maximum absolute atomic E-state index is 12.7. The first-order chi connectivity index (χ1) is 13.1. The molecular formula is C20H26ClN5O. The van der Waals surface area contributed by atoms with Gasteiger partial charge in [0.1, 0.15) is 5.82 Å². The van der Waals surface area contributed by atoms with Crippen molar-refractivity contribution in [3.63, 3.8) is 0 Å². The Balaban J connectivity index is 1.49. The molecule has 2 N–H and O–H groups in total. The Labute approximate surface area is 164 Å². The zero-order valence-electron chi connectivity index (χ0n) is 15.6. The molecule has 0 radical (unpaired) electrons. The Kier molecular flexibility index (Phi) is 5.45. The van der Waals surface area contributed by atoms with E-state index in [1.54, 1.807) is 0 Å². The van der Waals surface area contributed by atoms with Crippen LogP contribution in [-0.4, -0.2) is 45.1 Å². The van der Waals surface area contributed by atoms with Crippen LogP contribution in [0.4, 0.5) is 0 Å². The van der Waals surface area contributed by atoms with Crippen molar-refractivity contribution >= 4 is 17.5 Å². The van der Waals surface area contributed by atoms with Gasteiger partial charge in [-0.05, 0) is 31.4 Å². The number of aromatic amines is 1. The number of H-pyrrole nitrogens is 1. The molecule has 1 aliphatic carbocycles. The fraction of sp³-hybridized carbons (Fsp3) is 0.550. The number of carbonyl (C=O) groups excluding carboxylic acids is 1. The number of aryl methyl sites for hydroxylation is 1. The smallest absolute Gasteiger partial charge is 0.223 e. The number of hydrogen-bond acceptors (Lipinski definition) is 4. The number of nitrogens with one attached hydrogen (secondary N) is 2. The predicted molar refractivity (Wildman–Crippen MR) is 104 cm³/mol. The summed E-state index contributed by atoms with van der Waals surface area (Å²) in [5.74, 6) is 2.02. The van der Waals surface area contributed by atoms with Crippen molar-refractivity contribution < 1.29 is 4.79 Å². The molecule has 1 saturated carbocycles. The van der Waals surface area contributed by atoms with E-state index in [0.29, 0.717) is 0 Å². The maximum Gasteiger partial charge on any atom is 0.223 e. The molecule has 27 heavy (non-hydrogen) atoms. The van der Waals surface area contributed by atoms with Crippen molar-refractivity contribution in [3.8, 4) is 0 Å². The molecule has 0 spiro atoms. The summed E-state index contributed by atoms with van der Waals surface area (Å²) in [4.78, 5) is 19.6. The summed E-state index contributed by atoms with van der Waals surface area (Å²) in [6.45, 7) is 4.24. The van der Waals surface area contributed by atoms with Crippen LogP contribution in [0.3, 0.4) is 0 Å². The van der Waals surface area contributed by atoms with Crippen LogP contribution < -0.4 is 5.32 Å². The number of aromatic nitrogens is 3. The van der Waals surface area contributed by atoms with Gasteiger partial charge in [0.2, 0.25) is 5.91 Å². The van der Waals surface area contributed by atoms with Gasteiger partial charge in [-0.25, -0.2) is 4.98 Å². The van der Waals surface area contributed by atoms with Gasteiger partial charge in [0.25, 0.3) is 0 Å². The van der Waals surface area contributed by atoms with E-state index in [0.717, 1.165) is 67.6 Å². The van der Waals surface area contributed by atoms with Gasteiger partial charge >= 0.3 is 0 Å². The first-order valence-corrected chi connectivity index (χ1v) is 10.1. The number of benzene rings is 1. The number of amides is 1. The number of hydrogen-bond donors (Lipinski definition) is 2. The van der Waals surface area contributed by atoms with Gasteiger partial charge < -0.3 is 5.32 Å². The number of likely N-dealkylation sites (tertiary alicyclic amines) is 1. The average Bonchev–Trinajstić information content (AvgIpc) is 3.38. The van der Waals surface area contributed by atoms with Crippen LogP contribution in [0.5, 0.6) is 0 Å². The van der Waals surface area contributed by atoms with Gasteiger partial charge in [-0.2, -0.15) is 5.10 Å². The Hall–Kier alpha value is -1.92. The van der Waals surface area contributed by atoms with Crippen molar-refractivity contribution in [3.05, 3.63) is 46.5 Å². The normalized spacial score (nSPS) is 23.8. The Bertz CT molecular complexity index is 801. The first-order valence-electron chi connectivity index (χ1n) is 9.75. The number of rotatable bonds is 5. The summed E-state index contributed by atoms with van der Waals surface area (Å²) in [6, 6.07) is 7.95. The molecule has 1 aromatic heterocycles. The van der Waals surface area contributed by atoms with Crippen LogP contribution in [0, 0.1) is 12.8 Å². The fourth-order valence-electron chi connectivity index (χ4n) is 4.30. The van der Waals surface area contributed by atoms with E-state index >= 15 is 0 Å². The van der Waals surface area contributed by atoms with E-state index in [1.807, 2.05) is 25.1 Å². The Morgan fingerprint density at radius 1 is 1.30 bits per heavy atom. The molecule has 7 heteroatoms. The van der Waals surface area contributed by atoms with Gasteiger partial charge in [-0.1, -0.05) is 42.6 Å². The van der Waals surface area contributed by atoms with Crippen LogP contribution in [-0.2, 0) is 11.3 Å². The monoisotopic (exact) mass is 387 g/mol. The van der Waals surface area contributed by atoms with E-state index in [1.165, 1.54) is 0 Å². The van der Waals surface area contributed by atoms with Crippen LogP contribution in [0.25, 0.3) is 0 Å². The third-order valence-corrected chi connectivity index (χ3v) is 6.12. The lowest BCUT2D eigenvalue weighted by molar-refractivity contribution is -0.125. The lowest BCUT2D eigenvalue weighted by atomic mass is 10.0. The summed E-state index contributed by atoms with van der Waals surface area (Å²) in [6.07, 6.45) is 4.33. The molecule has 0 bridgehead atoms. The minimum atomic E-state index is 0.0239. The van der Waals surface area contributed by atoms with Crippen molar-refractivity contribution in [1.82, 2.24) is 25.4 Å². The SMILES string of the molecule is Cc1nc([C@@H]2CN(Cc3ccccc3Cl)C[C@H]2NC(=O)C2CCCC2)n[nH]1. The fourth-order valence-corrected chi connectivity index (χ4v) is 4.50. The second-order valence-electron chi connectivity index (χ2n) is 7.77. The highest BCUT2D eigenvalue weighted by Crippen LogP contribution is 2.30. The van der Waals surface area contributed by atoms with E-state index in [9.17, 15) is 4.79 Å². The lowest BCUT2D eigenvalue weighted by Gasteiger charge is -2.20. The minimum Gasteiger partial charge on any atom is -0.351 e. The number of carbonyl (C=O) groups is 1. The second kappa shape index (κ2) is 7.98. The zero-order chi connectivity index (χ0) is 18.8. The summed E-state index contributed by atoms with van der Waals surface area (Å²) in [5.41, 5.74) is 1.10. The van der Waals surface area contributed by atoms with Crippen LogP contribution >= 0.6 is 11.6 Å². The van der Waals surface area contributed by atoms with Crippen LogP contribution in [0.1, 0.15) is 48.8 Å². The average molecular weight is 388 g/mol. The minimum absolute atomic E-state index is 0.0239. The molecule has 4 rings (SSSR count). The molecule has 2 aromatic rings. The topological polar surface area (TPSA) is 73.9 Å². The molecular weight excluding hydrogens is 362 g/mol. The molecule has 2 aliphatic rings. The molecule has 144 valence electrons. The van der Waals surface area contributed by atoms with Crippen molar-refractivity contribution in [2.75, 3.05) is 13.1 Å². The van der Waals surface area contributed by atoms with Gasteiger partial charge in [0.05, 0.1) is 12.0 Å². The molecule has 2 fully saturated rings. The summed E-state index contributed by atoms with van der Waals surface area (Å²) < 4.78 is 0. The van der Waals surface area contributed by atoms with Gasteiger partial charge in [-0.3, -0.25) is 14.8 Å². The molecule has 2 atom stereocenters. The predicted octanol–water partition coefficient (Wildman–Crippen LogP) is 3.04. The van der Waals surface area contributed by atoms with Gasteiger partial charge in [-0.15, -0.1) is 0 Å². The Morgan fingerprint density at radius 2 is 2.07 bits per heavy atom. The molecule has 0 unspecified atom stereocenters. The summed E-state index contributed by atoms with van der Waals surface area (Å²) in [5, 5.41) is 11.4. The molecule has 1 aromatic carbocycles. The molecule has 1 amide bonds. The highest BCUT2D eigenvalue weighted by atomic mass is 35.5. The third kappa shape index (κ3) is 4.17. The maximum atomic E-state index is 12.7. The quantitative estimate of drug-likeness (QED) is 0.826. The number of nitrogens with zero attached hydrogens (tertiary/aromatic N) is 3. The lowest BCUT2D eigenvalue weighted by Crippen LogP contribution is -2.42. The van der Waals surface area contributed by atoms with Crippen molar-refractivity contribution in [2.24, 2.45) is 5.92 Å². The summed E-state index contributed by atoms with van der Waals surface area (Å²) in [7, 11) is 0. The van der Waals surface area contributed by atoms with Crippen LogP contribution in [0.2, 0.25) is 5.02 Å². The van der Waals surface area contributed by atoms with E-state index in [2.05, 4.69) is 31.5 Å². The highest BCUT2D eigenvalue weighted by molar-refractivity contribution is 6.31. The van der Waals surface area contributed by atoms with Crippen molar-refractivity contribution in [1.29, 1.82) is 0 Å². The molecule has 6 nitrogen and oxygen atoms in total. The first kappa shape index (κ1) is 18.4. The van der Waals surface area contributed by atoms with Crippen molar-refractivity contribution in [2.45, 2.75) is 51.1 Å². The molecule has 2 heterocycles. The van der Waals surface area contributed by atoms with Crippen LogP contribution in [0.15, 0.2) is 24.3 Å². The van der Waals surface area contributed by atoms with Gasteiger partial charge in [0.15, 0.2) is 5.82 Å². The number of halogens is 1. The highest BCUT2D eigenvalue weighted by Gasteiger charge is 2.38. The molecule has 1 saturated heterocycles. The van der Waals surface area contributed by atoms with E-state index in [-0.39, 0.29) is 23.8 Å². The standard InChI is InChI=1S/C20H26ClN5O/c1-13-22-19(25-24-13)16-11-26(10-15-8-4-5-9-17(15)21)12-18(16)23-20(27)14-6-2-3-7-14/h4-5,8-9,14,16,18H,2-3,6-7,10-12H2,1H3,(H,23,27)(H,22,24,25)/t16-,18-/m1/s1. The van der Waals surface area contributed by atoms with E-state index < -0.39 is 0 Å². The molecule has 1 aliphatic heterocycles. The third-order valence-electron chi connectivity index (χ3n) is 5.75. The largest absolute Gasteiger partial charge is 0.351 e. The van der Waals surface area contributed by atoms with E-state index in [4.69, 9.17) is 11.6 Å². The zero-order valence-corrected chi connectivity index (χ0v) is 16.4.